The average molecular weight is 260 g/mol. The second-order valence-electron chi connectivity index (χ2n) is 5.60. The minimum atomic E-state index is -0.430. The molecule has 1 saturated heterocycles. The molecule has 0 atom stereocenters. The Morgan fingerprint density at radius 3 is 2.58 bits per heavy atom. The van der Waals surface area contributed by atoms with Gasteiger partial charge in [-0.3, -0.25) is 5.43 Å². The molecule has 2 fully saturated rings. The Hall–Kier alpha value is -1.55. The van der Waals surface area contributed by atoms with Crippen LogP contribution in [-0.2, 0) is 11.2 Å². The van der Waals surface area contributed by atoms with Crippen molar-refractivity contribution in [2.24, 2.45) is 5.92 Å². The van der Waals surface area contributed by atoms with Crippen molar-refractivity contribution >= 4 is 6.09 Å². The van der Waals surface area contributed by atoms with E-state index in [-0.39, 0.29) is 6.09 Å². The summed E-state index contributed by atoms with van der Waals surface area (Å²) in [5.74, 6) is 0.743. The van der Waals surface area contributed by atoms with E-state index < -0.39 is 5.72 Å². The molecule has 1 amide bonds. The highest BCUT2D eigenvalue weighted by atomic mass is 16.6. The molecule has 1 aliphatic heterocycles. The molecule has 0 aromatic heterocycles. The third-order valence-corrected chi connectivity index (χ3v) is 4.28. The Kier molecular flexibility index (Phi) is 3.42. The second-order valence-corrected chi connectivity index (χ2v) is 5.60. The zero-order chi connectivity index (χ0) is 13.1. The molecule has 19 heavy (non-hydrogen) atoms. The van der Waals surface area contributed by atoms with Crippen molar-refractivity contribution < 1.29 is 9.53 Å². The van der Waals surface area contributed by atoms with Crippen molar-refractivity contribution in [1.29, 1.82) is 0 Å². The van der Waals surface area contributed by atoms with Crippen LogP contribution in [0.2, 0.25) is 0 Å². The molecule has 0 bridgehead atoms. The molecule has 3 rings (SSSR count). The molecule has 1 aliphatic carbocycles. The summed E-state index contributed by atoms with van der Waals surface area (Å²) in [5.41, 5.74) is 6.52. The lowest BCUT2D eigenvalue weighted by Crippen LogP contribution is -2.47. The summed E-state index contributed by atoms with van der Waals surface area (Å²) in [6.45, 7) is 0. The zero-order valence-corrected chi connectivity index (χ0v) is 11.0. The van der Waals surface area contributed by atoms with Gasteiger partial charge in [0.25, 0.3) is 0 Å². The topological polar surface area (TPSA) is 50.4 Å². The SMILES string of the molecule is O=C1NNC2(CCC(CCc3ccccc3)CC2)O1. The second kappa shape index (κ2) is 5.21. The summed E-state index contributed by atoms with van der Waals surface area (Å²) in [6, 6.07) is 10.6. The normalized spacial score (nSPS) is 30.1. The number of hydrogen-bond acceptors (Lipinski definition) is 3. The van der Waals surface area contributed by atoms with Crippen LogP contribution in [0.15, 0.2) is 30.3 Å². The van der Waals surface area contributed by atoms with Crippen molar-refractivity contribution in [2.75, 3.05) is 0 Å². The number of nitrogens with one attached hydrogen (secondary N) is 2. The molecule has 4 heteroatoms. The van der Waals surface area contributed by atoms with Gasteiger partial charge in [-0.05, 0) is 37.2 Å². The first kappa shape index (κ1) is 12.5. The van der Waals surface area contributed by atoms with Crippen LogP contribution in [0.5, 0.6) is 0 Å². The summed E-state index contributed by atoms with van der Waals surface area (Å²) >= 11 is 0. The minimum absolute atomic E-state index is 0.345. The molecule has 2 aliphatic rings. The van der Waals surface area contributed by atoms with Crippen LogP contribution in [0.25, 0.3) is 0 Å². The van der Waals surface area contributed by atoms with E-state index >= 15 is 0 Å². The Labute approximate surface area is 113 Å². The van der Waals surface area contributed by atoms with E-state index in [1.54, 1.807) is 0 Å². The van der Waals surface area contributed by atoms with E-state index in [4.69, 9.17) is 4.74 Å². The predicted octanol–water partition coefficient (Wildman–Crippen LogP) is 2.75. The number of hydrogen-bond donors (Lipinski definition) is 2. The maximum absolute atomic E-state index is 11.1. The number of aryl methyl sites for hydroxylation is 1. The number of benzene rings is 1. The number of rotatable bonds is 3. The van der Waals surface area contributed by atoms with E-state index in [9.17, 15) is 4.79 Å². The van der Waals surface area contributed by atoms with E-state index in [1.807, 2.05) is 0 Å². The fraction of sp³-hybridized carbons (Fsp3) is 0.533. The van der Waals surface area contributed by atoms with Gasteiger partial charge in [0, 0.05) is 12.8 Å². The van der Waals surface area contributed by atoms with Gasteiger partial charge in [-0.15, -0.1) is 0 Å². The van der Waals surface area contributed by atoms with Gasteiger partial charge in [-0.25, -0.2) is 4.79 Å². The molecule has 1 heterocycles. The molecular weight excluding hydrogens is 240 g/mol. The van der Waals surface area contributed by atoms with Crippen LogP contribution in [0.3, 0.4) is 0 Å². The number of hydrazine groups is 1. The van der Waals surface area contributed by atoms with Crippen LogP contribution < -0.4 is 10.9 Å². The predicted molar refractivity (Wildman–Crippen MR) is 72.2 cm³/mol. The highest BCUT2D eigenvalue weighted by Crippen LogP contribution is 2.36. The van der Waals surface area contributed by atoms with Gasteiger partial charge in [0.15, 0.2) is 5.72 Å². The van der Waals surface area contributed by atoms with E-state index in [2.05, 4.69) is 41.2 Å². The molecule has 4 nitrogen and oxygen atoms in total. The van der Waals surface area contributed by atoms with Crippen LogP contribution in [0.1, 0.15) is 37.7 Å². The smallest absolute Gasteiger partial charge is 0.423 e. The molecule has 2 N–H and O–H groups in total. The van der Waals surface area contributed by atoms with Crippen LogP contribution >= 0.6 is 0 Å². The standard InChI is InChI=1S/C15H20N2O2/c18-14-16-17-15(19-14)10-8-13(9-11-15)7-6-12-4-2-1-3-5-12/h1-5,13,17H,6-11H2,(H,16,18). The molecular formula is C15H20N2O2. The van der Waals surface area contributed by atoms with E-state index in [1.165, 1.54) is 12.0 Å². The molecule has 1 aromatic carbocycles. The van der Waals surface area contributed by atoms with Crippen molar-refractivity contribution in [3.63, 3.8) is 0 Å². The first-order valence-corrected chi connectivity index (χ1v) is 7.06. The summed E-state index contributed by atoms with van der Waals surface area (Å²) in [4.78, 5) is 11.1. The number of carbonyl (C=O) groups is 1. The van der Waals surface area contributed by atoms with Crippen molar-refractivity contribution in [3.05, 3.63) is 35.9 Å². The molecule has 1 saturated carbocycles. The molecule has 1 aromatic rings. The lowest BCUT2D eigenvalue weighted by Gasteiger charge is -2.34. The van der Waals surface area contributed by atoms with E-state index in [0.717, 1.165) is 38.0 Å². The van der Waals surface area contributed by atoms with Gasteiger partial charge in [0.2, 0.25) is 0 Å². The minimum Gasteiger partial charge on any atom is -0.425 e. The third kappa shape index (κ3) is 2.89. The van der Waals surface area contributed by atoms with Gasteiger partial charge in [0.1, 0.15) is 0 Å². The third-order valence-electron chi connectivity index (χ3n) is 4.28. The van der Waals surface area contributed by atoms with Crippen molar-refractivity contribution in [1.82, 2.24) is 10.9 Å². The molecule has 0 radical (unpaired) electrons. The number of ether oxygens (including phenoxy) is 1. The van der Waals surface area contributed by atoms with Gasteiger partial charge in [-0.2, -0.15) is 5.43 Å². The van der Waals surface area contributed by atoms with Gasteiger partial charge in [0.05, 0.1) is 0 Å². The summed E-state index contributed by atoms with van der Waals surface area (Å²) < 4.78 is 5.34. The zero-order valence-electron chi connectivity index (χ0n) is 11.0. The lowest BCUT2D eigenvalue weighted by molar-refractivity contribution is -0.0141. The first-order chi connectivity index (χ1) is 9.26. The molecule has 1 spiro atoms. The Balaban J connectivity index is 1.47. The van der Waals surface area contributed by atoms with E-state index in [0.29, 0.717) is 0 Å². The summed E-state index contributed by atoms with van der Waals surface area (Å²) in [5, 5.41) is 0. The fourth-order valence-electron chi connectivity index (χ4n) is 3.07. The van der Waals surface area contributed by atoms with Gasteiger partial charge >= 0.3 is 6.09 Å². The number of amides is 1. The quantitative estimate of drug-likeness (QED) is 0.878. The largest absolute Gasteiger partial charge is 0.425 e. The highest BCUT2D eigenvalue weighted by Gasteiger charge is 2.42. The Morgan fingerprint density at radius 1 is 1.21 bits per heavy atom. The van der Waals surface area contributed by atoms with Crippen LogP contribution in [0.4, 0.5) is 4.79 Å². The Bertz CT molecular complexity index is 439. The summed E-state index contributed by atoms with van der Waals surface area (Å²) in [6.07, 6.45) is 6.08. The monoisotopic (exact) mass is 260 g/mol. The maximum Gasteiger partial charge on any atom is 0.423 e. The summed E-state index contributed by atoms with van der Waals surface area (Å²) in [7, 11) is 0. The van der Waals surface area contributed by atoms with Crippen molar-refractivity contribution in [3.8, 4) is 0 Å². The first-order valence-electron chi connectivity index (χ1n) is 7.06. The molecule has 0 unspecified atom stereocenters. The van der Waals surface area contributed by atoms with Crippen molar-refractivity contribution in [2.45, 2.75) is 44.2 Å². The van der Waals surface area contributed by atoms with Gasteiger partial charge < -0.3 is 4.74 Å². The maximum atomic E-state index is 11.1. The van der Waals surface area contributed by atoms with Gasteiger partial charge in [-0.1, -0.05) is 30.3 Å². The fourth-order valence-corrected chi connectivity index (χ4v) is 3.07. The van der Waals surface area contributed by atoms with Crippen LogP contribution in [0, 0.1) is 5.92 Å². The number of carbonyl (C=O) groups excluding carboxylic acids is 1. The average Bonchev–Trinajstić information content (AvgIpc) is 2.81. The molecule has 102 valence electrons. The lowest BCUT2D eigenvalue weighted by atomic mass is 9.81. The highest BCUT2D eigenvalue weighted by molar-refractivity contribution is 5.69. The van der Waals surface area contributed by atoms with Crippen LogP contribution in [-0.4, -0.2) is 11.8 Å². The Morgan fingerprint density at radius 2 is 1.95 bits per heavy atom.